The fourth-order valence-electron chi connectivity index (χ4n) is 3.01. The summed E-state index contributed by atoms with van der Waals surface area (Å²) < 4.78 is 45.6. The minimum Gasteiger partial charge on any atom is -0.493 e. The third-order valence-electron chi connectivity index (χ3n) is 4.65. The molecule has 0 radical (unpaired) electrons. The number of hydrogen-bond donors (Lipinski definition) is 1. The molecule has 5 nitrogen and oxygen atoms in total. The monoisotopic (exact) mass is 451 g/mol. The molecule has 0 aromatic heterocycles. The smallest absolute Gasteiger partial charge is 0.491 e. The minimum atomic E-state index is -5.16. The van der Waals surface area contributed by atoms with Crippen LogP contribution >= 0.6 is 0 Å². The average Bonchev–Trinajstić information content (AvgIpc) is 2.75. The zero-order valence-electron chi connectivity index (χ0n) is 18.0. The van der Waals surface area contributed by atoms with Crippen LogP contribution in [0.5, 0.6) is 5.75 Å². The Labute approximate surface area is 185 Å². The highest BCUT2D eigenvalue weighted by molar-refractivity contribution is 5.88. The number of halogens is 3. The Hall–Kier alpha value is -2.87. The van der Waals surface area contributed by atoms with Crippen molar-refractivity contribution in [2.24, 2.45) is 5.92 Å². The van der Waals surface area contributed by atoms with Gasteiger partial charge in [-0.3, -0.25) is 4.79 Å². The number of aryl methyl sites for hydroxylation is 1. The van der Waals surface area contributed by atoms with Crippen LogP contribution in [0.1, 0.15) is 30.9 Å². The van der Waals surface area contributed by atoms with Gasteiger partial charge in [-0.2, -0.15) is 13.2 Å². The number of hydrogen-bond acceptors (Lipinski definition) is 5. The van der Waals surface area contributed by atoms with Crippen molar-refractivity contribution in [3.8, 4) is 5.75 Å². The summed E-state index contributed by atoms with van der Waals surface area (Å²) in [5, 5.41) is 2.94. The van der Waals surface area contributed by atoms with Gasteiger partial charge in [-0.1, -0.05) is 49.4 Å². The molecule has 174 valence electrons. The van der Waals surface area contributed by atoms with Gasteiger partial charge in [-0.15, -0.1) is 0 Å². The molecule has 1 unspecified atom stereocenters. The standard InChI is InChI=1S/C24H28F3NO4/c1-18(16-20-6-3-2-4-7-20)17-31-21-11-9-19(10-12-21)8-5-14-28-15-13-22(29)32-23(30)24(25,26)27/h2-4,6-7,9-12,18,28H,5,8,13-17H2,1H3. The molecule has 0 heterocycles. The summed E-state index contributed by atoms with van der Waals surface area (Å²) >= 11 is 0. The summed E-state index contributed by atoms with van der Waals surface area (Å²) in [6, 6.07) is 18.2. The van der Waals surface area contributed by atoms with E-state index in [9.17, 15) is 22.8 Å². The molecule has 0 aliphatic heterocycles. The van der Waals surface area contributed by atoms with E-state index >= 15 is 0 Å². The quantitative estimate of drug-likeness (QED) is 0.293. The van der Waals surface area contributed by atoms with Crippen molar-refractivity contribution in [2.75, 3.05) is 19.7 Å². The maximum Gasteiger partial charge on any atom is 0.491 e. The molecule has 2 aromatic carbocycles. The summed E-state index contributed by atoms with van der Waals surface area (Å²) in [7, 11) is 0. The van der Waals surface area contributed by atoms with Gasteiger partial charge >= 0.3 is 18.1 Å². The Morgan fingerprint density at radius 1 is 0.969 bits per heavy atom. The fraction of sp³-hybridized carbons (Fsp3) is 0.417. The van der Waals surface area contributed by atoms with Gasteiger partial charge in [0.2, 0.25) is 0 Å². The van der Waals surface area contributed by atoms with Crippen LogP contribution in [0, 0.1) is 5.92 Å². The molecule has 32 heavy (non-hydrogen) atoms. The van der Waals surface area contributed by atoms with Crippen molar-refractivity contribution in [1.29, 1.82) is 0 Å². The van der Waals surface area contributed by atoms with E-state index in [0.717, 1.165) is 30.6 Å². The molecule has 1 N–H and O–H groups in total. The van der Waals surface area contributed by atoms with Crippen LogP contribution in [-0.2, 0) is 27.2 Å². The SMILES string of the molecule is CC(COc1ccc(CCCNCCC(=O)OC(=O)C(F)(F)F)cc1)Cc1ccccc1. The highest BCUT2D eigenvalue weighted by Gasteiger charge is 2.42. The second-order valence-electron chi connectivity index (χ2n) is 7.61. The largest absolute Gasteiger partial charge is 0.493 e. The zero-order chi connectivity index (χ0) is 23.4. The van der Waals surface area contributed by atoms with Crippen molar-refractivity contribution >= 4 is 11.9 Å². The van der Waals surface area contributed by atoms with Crippen molar-refractivity contribution in [3.05, 3.63) is 65.7 Å². The first-order chi connectivity index (χ1) is 15.2. The highest BCUT2D eigenvalue weighted by Crippen LogP contribution is 2.17. The topological polar surface area (TPSA) is 64.6 Å². The number of rotatable bonds is 12. The number of alkyl halides is 3. The number of carbonyl (C=O) groups is 2. The number of carbonyl (C=O) groups excluding carboxylic acids is 2. The highest BCUT2D eigenvalue weighted by atomic mass is 19.4. The first kappa shape index (κ1) is 25.4. The van der Waals surface area contributed by atoms with Crippen LogP contribution in [0.15, 0.2) is 54.6 Å². The summed E-state index contributed by atoms with van der Waals surface area (Å²) in [6.45, 7) is 3.51. The van der Waals surface area contributed by atoms with Crippen LogP contribution < -0.4 is 10.1 Å². The van der Waals surface area contributed by atoms with E-state index in [2.05, 4.69) is 29.1 Å². The minimum absolute atomic E-state index is 0.137. The first-order valence-electron chi connectivity index (χ1n) is 10.5. The Morgan fingerprint density at radius 3 is 2.31 bits per heavy atom. The van der Waals surface area contributed by atoms with E-state index in [0.29, 0.717) is 19.1 Å². The van der Waals surface area contributed by atoms with Gasteiger partial charge in [-0.25, -0.2) is 4.79 Å². The molecule has 1 atom stereocenters. The van der Waals surface area contributed by atoms with Gasteiger partial charge in [0.05, 0.1) is 13.0 Å². The molecular weight excluding hydrogens is 423 g/mol. The van der Waals surface area contributed by atoms with Crippen molar-refractivity contribution < 1.29 is 32.2 Å². The van der Waals surface area contributed by atoms with Gasteiger partial charge in [0, 0.05) is 6.54 Å². The lowest BCUT2D eigenvalue weighted by molar-refractivity contribution is -0.201. The van der Waals surface area contributed by atoms with Crippen molar-refractivity contribution in [3.63, 3.8) is 0 Å². The Balaban J connectivity index is 1.57. The molecule has 0 bridgehead atoms. The van der Waals surface area contributed by atoms with Crippen molar-refractivity contribution in [1.82, 2.24) is 5.32 Å². The van der Waals surface area contributed by atoms with E-state index in [1.165, 1.54) is 5.56 Å². The Morgan fingerprint density at radius 2 is 1.66 bits per heavy atom. The Bertz CT molecular complexity index is 839. The molecule has 2 rings (SSSR count). The van der Waals surface area contributed by atoms with Gasteiger partial charge < -0.3 is 14.8 Å². The van der Waals surface area contributed by atoms with E-state index < -0.39 is 18.1 Å². The van der Waals surface area contributed by atoms with E-state index in [-0.39, 0.29) is 13.0 Å². The lowest BCUT2D eigenvalue weighted by atomic mass is 10.0. The normalized spacial score (nSPS) is 12.2. The molecule has 0 spiro atoms. The Kier molecular flexibility index (Phi) is 10.2. The van der Waals surface area contributed by atoms with Gasteiger partial charge in [0.1, 0.15) is 5.75 Å². The number of nitrogens with one attached hydrogen (secondary N) is 1. The number of esters is 2. The molecule has 0 aliphatic rings. The van der Waals surface area contributed by atoms with Crippen LogP contribution in [0.25, 0.3) is 0 Å². The van der Waals surface area contributed by atoms with E-state index in [1.54, 1.807) is 0 Å². The lowest BCUT2D eigenvalue weighted by Crippen LogP contribution is -2.29. The average molecular weight is 451 g/mol. The molecule has 0 fully saturated rings. The predicted octanol–water partition coefficient (Wildman–Crippen LogP) is 4.49. The van der Waals surface area contributed by atoms with E-state index in [1.807, 2.05) is 42.5 Å². The maximum atomic E-state index is 12.0. The van der Waals surface area contributed by atoms with Crippen LogP contribution in [-0.4, -0.2) is 37.8 Å². The molecule has 0 amide bonds. The molecule has 0 aliphatic carbocycles. The summed E-state index contributed by atoms with van der Waals surface area (Å²) in [6.07, 6.45) is -2.93. The predicted molar refractivity (Wildman–Crippen MR) is 114 cm³/mol. The second kappa shape index (κ2) is 12.9. The zero-order valence-corrected chi connectivity index (χ0v) is 18.0. The number of benzene rings is 2. The summed E-state index contributed by atoms with van der Waals surface area (Å²) in [4.78, 5) is 21.7. The fourth-order valence-corrected chi connectivity index (χ4v) is 3.01. The third kappa shape index (κ3) is 9.96. The molecule has 0 saturated heterocycles. The van der Waals surface area contributed by atoms with Crippen LogP contribution in [0.4, 0.5) is 13.2 Å². The molecular formula is C24H28F3NO4. The molecule has 2 aromatic rings. The maximum absolute atomic E-state index is 12.0. The van der Waals surface area contributed by atoms with Gasteiger partial charge in [0.15, 0.2) is 0 Å². The van der Waals surface area contributed by atoms with Crippen LogP contribution in [0.3, 0.4) is 0 Å². The molecule has 8 heteroatoms. The van der Waals surface area contributed by atoms with Crippen LogP contribution in [0.2, 0.25) is 0 Å². The lowest BCUT2D eigenvalue weighted by Gasteiger charge is -2.13. The third-order valence-corrected chi connectivity index (χ3v) is 4.65. The van der Waals surface area contributed by atoms with E-state index in [4.69, 9.17) is 4.74 Å². The van der Waals surface area contributed by atoms with Gasteiger partial charge in [0.25, 0.3) is 0 Å². The van der Waals surface area contributed by atoms with Crippen molar-refractivity contribution in [2.45, 2.75) is 38.8 Å². The summed E-state index contributed by atoms with van der Waals surface area (Å²) in [5.74, 6) is -2.47. The first-order valence-corrected chi connectivity index (χ1v) is 10.5. The molecule has 0 saturated carbocycles. The second-order valence-corrected chi connectivity index (χ2v) is 7.61. The van der Waals surface area contributed by atoms with Gasteiger partial charge in [-0.05, 0) is 55.0 Å². The number of ether oxygens (including phenoxy) is 2. The summed E-state index contributed by atoms with van der Waals surface area (Å²) in [5.41, 5.74) is 2.42.